The molecule has 3 aromatic carbocycles. The highest BCUT2D eigenvalue weighted by molar-refractivity contribution is 7.97. The summed E-state index contributed by atoms with van der Waals surface area (Å²) in [6.45, 7) is 6.21. The van der Waals surface area contributed by atoms with Gasteiger partial charge in [-0.05, 0) is 69.3 Å². The van der Waals surface area contributed by atoms with Crippen molar-refractivity contribution in [3.05, 3.63) is 84.9 Å². The maximum Gasteiger partial charge on any atom is 0.673 e. The van der Waals surface area contributed by atoms with Crippen LogP contribution in [0, 0.1) is 0 Å². The maximum absolute atomic E-state index is 9.75. The Balaban J connectivity index is 0.000000537. The summed E-state index contributed by atoms with van der Waals surface area (Å²) in [7, 11) is -6.10. The van der Waals surface area contributed by atoms with E-state index in [1.807, 2.05) is 0 Å². The van der Waals surface area contributed by atoms with Crippen LogP contribution in [-0.2, 0) is 10.9 Å². The van der Waals surface area contributed by atoms with Crippen LogP contribution in [0.3, 0.4) is 0 Å². The summed E-state index contributed by atoms with van der Waals surface area (Å²) in [5.41, 5.74) is -0.179. The van der Waals surface area contributed by atoms with Gasteiger partial charge in [0.2, 0.25) is 0 Å². The van der Waals surface area contributed by atoms with E-state index in [4.69, 9.17) is 4.74 Å². The predicted octanol–water partition coefficient (Wildman–Crippen LogP) is 7.26. The van der Waals surface area contributed by atoms with Crippen molar-refractivity contribution in [2.75, 3.05) is 0 Å². The molecule has 0 aliphatic heterocycles. The molecule has 0 N–H and O–H groups in total. The van der Waals surface area contributed by atoms with Gasteiger partial charge in [-0.3, -0.25) is 0 Å². The summed E-state index contributed by atoms with van der Waals surface area (Å²) in [5, 5.41) is 0. The van der Waals surface area contributed by atoms with Gasteiger partial charge in [-0.25, -0.2) is 0 Å². The van der Waals surface area contributed by atoms with E-state index in [1.54, 1.807) is 0 Å². The highest BCUT2D eigenvalue weighted by atomic mass is 32.2. The number of ether oxygens (including phenoxy) is 1. The Morgan fingerprint density at radius 2 is 0.966 bits per heavy atom. The van der Waals surface area contributed by atoms with Crippen molar-refractivity contribution in [1.82, 2.24) is 0 Å². The lowest BCUT2D eigenvalue weighted by atomic mass is 10.2. The van der Waals surface area contributed by atoms with Gasteiger partial charge < -0.3 is 22.0 Å². The minimum atomic E-state index is -6.00. The minimum absolute atomic E-state index is 0.102. The smallest absolute Gasteiger partial charge is 0.488 e. The fourth-order valence-corrected chi connectivity index (χ4v) is 4.60. The van der Waals surface area contributed by atoms with E-state index < -0.39 is 7.25 Å². The van der Waals surface area contributed by atoms with Gasteiger partial charge in [0, 0.05) is 0 Å². The molecular weight excluding hydrogens is 399 g/mol. The van der Waals surface area contributed by atoms with Crippen molar-refractivity contribution >= 4 is 18.1 Å². The third kappa shape index (κ3) is 8.65. The first-order valence-electron chi connectivity index (χ1n) is 9.04. The van der Waals surface area contributed by atoms with Gasteiger partial charge in [0.15, 0.2) is 14.7 Å². The molecule has 0 aliphatic carbocycles. The van der Waals surface area contributed by atoms with Crippen LogP contribution >= 0.6 is 0 Å². The summed E-state index contributed by atoms with van der Waals surface area (Å²) in [4.78, 5) is 3.95. The molecule has 0 amide bonds. The standard InChI is InChI=1S/C22H23OS.BF4/c1-22(2,3)23-18-14-16-21(17-15-18)24(19-10-6-4-7-11-19)20-12-8-5-9-13-20;2-1(3,4)5/h4-17H,1-3H3;/q+1;-1. The molecule has 0 bridgehead atoms. The summed E-state index contributed by atoms with van der Waals surface area (Å²) in [6.07, 6.45) is 0. The van der Waals surface area contributed by atoms with Gasteiger partial charge in [0.1, 0.15) is 11.4 Å². The molecular formula is C22H23BF4OS. The first kappa shape index (κ1) is 22.9. The van der Waals surface area contributed by atoms with Crippen molar-refractivity contribution in [2.45, 2.75) is 41.1 Å². The number of halogens is 4. The fourth-order valence-electron chi connectivity index (χ4n) is 2.52. The molecule has 0 saturated heterocycles. The van der Waals surface area contributed by atoms with E-state index in [0.717, 1.165) is 5.75 Å². The van der Waals surface area contributed by atoms with Crippen LogP contribution < -0.4 is 4.74 Å². The monoisotopic (exact) mass is 422 g/mol. The lowest BCUT2D eigenvalue weighted by molar-refractivity contribution is 0.131. The highest BCUT2D eigenvalue weighted by Crippen LogP contribution is 2.32. The Kier molecular flexibility index (Phi) is 7.79. The summed E-state index contributed by atoms with van der Waals surface area (Å²) < 4.78 is 45.0. The maximum atomic E-state index is 9.75. The molecule has 0 saturated carbocycles. The van der Waals surface area contributed by atoms with Gasteiger partial charge >= 0.3 is 7.25 Å². The lowest BCUT2D eigenvalue weighted by Gasteiger charge is -2.21. The first-order chi connectivity index (χ1) is 13.5. The molecule has 1 nitrogen and oxygen atoms in total. The van der Waals surface area contributed by atoms with Crippen molar-refractivity contribution in [3.63, 3.8) is 0 Å². The van der Waals surface area contributed by atoms with Crippen molar-refractivity contribution < 1.29 is 22.0 Å². The molecule has 0 aromatic heterocycles. The number of hydrogen-bond donors (Lipinski definition) is 0. The topological polar surface area (TPSA) is 9.23 Å². The number of hydrogen-bond acceptors (Lipinski definition) is 1. The summed E-state index contributed by atoms with van der Waals surface area (Å²) in [5.74, 6) is 0.913. The van der Waals surface area contributed by atoms with E-state index in [-0.39, 0.29) is 16.5 Å². The van der Waals surface area contributed by atoms with Gasteiger partial charge in [-0.15, -0.1) is 0 Å². The zero-order valence-electron chi connectivity index (χ0n) is 16.5. The average molecular weight is 422 g/mol. The zero-order valence-corrected chi connectivity index (χ0v) is 17.3. The second kappa shape index (κ2) is 9.88. The van der Waals surface area contributed by atoms with E-state index in [0.29, 0.717) is 0 Å². The van der Waals surface area contributed by atoms with Gasteiger partial charge in [0.25, 0.3) is 0 Å². The molecule has 0 unspecified atom stereocenters. The summed E-state index contributed by atoms with van der Waals surface area (Å²) >= 11 is 0. The number of benzene rings is 3. The van der Waals surface area contributed by atoms with Crippen molar-refractivity contribution in [1.29, 1.82) is 0 Å². The lowest BCUT2D eigenvalue weighted by Crippen LogP contribution is -2.22. The SMILES string of the molecule is CC(C)(C)Oc1ccc([S+](c2ccccc2)c2ccccc2)cc1.F[B-](F)(F)F. The van der Waals surface area contributed by atoms with E-state index >= 15 is 0 Å². The van der Waals surface area contributed by atoms with Gasteiger partial charge in [0.05, 0.1) is 10.9 Å². The van der Waals surface area contributed by atoms with Crippen LogP contribution in [0.5, 0.6) is 5.75 Å². The Morgan fingerprint density at radius 1 is 0.621 bits per heavy atom. The van der Waals surface area contributed by atoms with Crippen LogP contribution in [-0.4, -0.2) is 12.9 Å². The van der Waals surface area contributed by atoms with Crippen molar-refractivity contribution in [2.24, 2.45) is 0 Å². The largest absolute Gasteiger partial charge is 0.673 e. The molecule has 7 heteroatoms. The molecule has 0 aliphatic rings. The molecule has 0 spiro atoms. The molecule has 0 heterocycles. The van der Waals surface area contributed by atoms with Crippen molar-refractivity contribution in [3.8, 4) is 5.75 Å². The predicted molar refractivity (Wildman–Crippen MR) is 112 cm³/mol. The highest BCUT2D eigenvalue weighted by Gasteiger charge is 2.28. The first-order valence-corrected chi connectivity index (χ1v) is 10.3. The number of rotatable bonds is 4. The van der Waals surface area contributed by atoms with Crippen LogP contribution in [0.2, 0.25) is 0 Å². The molecule has 3 rings (SSSR count). The Morgan fingerprint density at radius 3 is 1.31 bits per heavy atom. The zero-order chi connectivity index (χ0) is 21.5. The Bertz CT molecular complexity index is 818. The molecule has 3 aromatic rings. The van der Waals surface area contributed by atoms with Crippen LogP contribution in [0.15, 0.2) is 99.6 Å². The quantitative estimate of drug-likeness (QED) is 0.244. The average Bonchev–Trinajstić information content (AvgIpc) is 2.63. The minimum Gasteiger partial charge on any atom is -0.488 e. The van der Waals surface area contributed by atoms with E-state index in [2.05, 4.69) is 106 Å². The normalized spacial score (nSPS) is 11.6. The third-order valence-electron chi connectivity index (χ3n) is 3.44. The van der Waals surface area contributed by atoms with Gasteiger partial charge in [-0.2, -0.15) is 0 Å². The van der Waals surface area contributed by atoms with Crippen LogP contribution in [0.1, 0.15) is 20.8 Å². The molecule has 0 radical (unpaired) electrons. The van der Waals surface area contributed by atoms with Crippen LogP contribution in [0.4, 0.5) is 17.3 Å². The van der Waals surface area contributed by atoms with Crippen LogP contribution in [0.25, 0.3) is 0 Å². The Labute approximate surface area is 172 Å². The van der Waals surface area contributed by atoms with E-state index in [1.165, 1.54) is 14.7 Å². The molecule has 0 fully saturated rings. The third-order valence-corrected chi connectivity index (χ3v) is 5.67. The van der Waals surface area contributed by atoms with E-state index in [9.17, 15) is 17.3 Å². The Hall–Kier alpha value is -2.41. The molecule has 29 heavy (non-hydrogen) atoms. The second-order valence-corrected chi connectivity index (χ2v) is 9.14. The second-order valence-electron chi connectivity index (χ2n) is 7.11. The van der Waals surface area contributed by atoms with Gasteiger partial charge in [-0.1, -0.05) is 36.4 Å². The molecule has 154 valence electrons. The fraction of sp³-hybridized carbons (Fsp3) is 0.182. The molecule has 0 atom stereocenters. The summed E-state index contributed by atoms with van der Waals surface area (Å²) in [6, 6.07) is 29.9.